The molecule has 0 aliphatic carbocycles. The zero-order valence-electron chi connectivity index (χ0n) is 8.80. The van der Waals surface area contributed by atoms with Crippen molar-refractivity contribution in [2.75, 3.05) is 13.2 Å². The minimum absolute atomic E-state index is 0. The summed E-state index contributed by atoms with van der Waals surface area (Å²) < 4.78 is 5.46. The lowest BCUT2D eigenvalue weighted by atomic mass is 10.1. The van der Waals surface area contributed by atoms with Gasteiger partial charge in [0, 0.05) is 13.2 Å². The van der Waals surface area contributed by atoms with E-state index in [9.17, 15) is 0 Å². The standard InChI is InChI=1S/C10H22O.ClH/c1-9(2)5-7-11-8-6-10(3)4;/h9-10H,5-8H2,1-4H3;1H. The zero-order chi connectivity index (χ0) is 8.69. The number of hydrogen-bond acceptors (Lipinski definition) is 1. The summed E-state index contributed by atoms with van der Waals surface area (Å²) in [7, 11) is 0. The summed E-state index contributed by atoms with van der Waals surface area (Å²) in [5, 5.41) is 0. The number of rotatable bonds is 6. The molecule has 0 aromatic carbocycles. The highest BCUT2D eigenvalue weighted by Gasteiger charge is 1.95. The molecule has 76 valence electrons. The monoisotopic (exact) mass is 194 g/mol. The Morgan fingerprint density at radius 3 is 1.42 bits per heavy atom. The molecular weight excluding hydrogens is 172 g/mol. The summed E-state index contributed by atoms with van der Waals surface area (Å²) in [6.07, 6.45) is 2.39. The number of hydrogen-bond donors (Lipinski definition) is 0. The van der Waals surface area contributed by atoms with E-state index in [4.69, 9.17) is 4.74 Å². The molecule has 2 heteroatoms. The van der Waals surface area contributed by atoms with Gasteiger partial charge >= 0.3 is 0 Å². The molecule has 0 heterocycles. The third kappa shape index (κ3) is 12.9. The van der Waals surface area contributed by atoms with Crippen LogP contribution < -0.4 is 0 Å². The van der Waals surface area contributed by atoms with E-state index in [0.29, 0.717) is 0 Å². The van der Waals surface area contributed by atoms with E-state index < -0.39 is 0 Å². The molecule has 0 N–H and O–H groups in total. The molecule has 0 amide bonds. The van der Waals surface area contributed by atoms with E-state index in [-0.39, 0.29) is 12.4 Å². The fourth-order valence-electron chi connectivity index (χ4n) is 0.740. The van der Waals surface area contributed by atoms with Crippen LogP contribution in [0.1, 0.15) is 40.5 Å². The highest BCUT2D eigenvalue weighted by atomic mass is 35.5. The quantitative estimate of drug-likeness (QED) is 0.588. The molecular formula is C10H23ClO. The van der Waals surface area contributed by atoms with E-state index in [1.807, 2.05) is 0 Å². The van der Waals surface area contributed by atoms with Gasteiger partial charge in [0.1, 0.15) is 0 Å². The molecule has 0 saturated carbocycles. The van der Waals surface area contributed by atoms with Gasteiger partial charge in [-0.15, -0.1) is 12.4 Å². The summed E-state index contributed by atoms with van der Waals surface area (Å²) in [4.78, 5) is 0. The lowest BCUT2D eigenvalue weighted by Crippen LogP contribution is -2.02. The Hall–Kier alpha value is 0.250. The van der Waals surface area contributed by atoms with Crippen LogP contribution >= 0.6 is 12.4 Å². The fraction of sp³-hybridized carbons (Fsp3) is 1.00. The van der Waals surface area contributed by atoms with Gasteiger partial charge in [-0.3, -0.25) is 0 Å². The Bertz CT molecular complexity index is 71.9. The van der Waals surface area contributed by atoms with Crippen molar-refractivity contribution in [2.45, 2.75) is 40.5 Å². The maximum Gasteiger partial charge on any atom is 0.0468 e. The Morgan fingerprint density at radius 2 is 1.17 bits per heavy atom. The third-order valence-electron chi connectivity index (χ3n) is 1.68. The second-order valence-corrected chi connectivity index (χ2v) is 3.98. The van der Waals surface area contributed by atoms with E-state index >= 15 is 0 Å². The largest absolute Gasteiger partial charge is 0.381 e. The van der Waals surface area contributed by atoms with Crippen LogP contribution in [0.15, 0.2) is 0 Å². The van der Waals surface area contributed by atoms with Gasteiger partial charge in [-0.25, -0.2) is 0 Å². The second-order valence-electron chi connectivity index (χ2n) is 3.98. The van der Waals surface area contributed by atoms with Gasteiger partial charge in [-0.05, 0) is 24.7 Å². The highest BCUT2D eigenvalue weighted by Crippen LogP contribution is 2.02. The summed E-state index contributed by atoms with van der Waals surface area (Å²) in [5.41, 5.74) is 0. The molecule has 0 bridgehead atoms. The SMILES string of the molecule is CC(C)CCOCCC(C)C.Cl. The average Bonchev–Trinajstić information content (AvgIpc) is 1.85. The smallest absolute Gasteiger partial charge is 0.0468 e. The van der Waals surface area contributed by atoms with Crippen molar-refractivity contribution in [3.8, 4) is 0 Å². The van der Waals surface area contributed by atoms with Gasteiger partial charge in [-0.1, -0.05) is 27.7 Å². The first-order valence-electron chi connectivity index (χ1n) is 4.70. The van der Waals surface area contributed by atoms with Crippen LogP contribution in [0, 0.1) is 11.8 Å². The van der Waals surface area contributed by atoms with E-state index in [1.54, 1.807) is 0 Å². The first-order valence-corrected chi connectivity index (χ1v) is 4.70. The first-order chi connectivity index (χ1) is 5.13. The van der Waals surface area contributed by atoms with Crippen LogP contribution in [0.2, 0.25) is 0 Å². The van der Waals surface area contributed by atoms with Gasteiger partial charge < -0.3 is 4.74 Å². The highest BCUT2D eigenvalue weighted by molar-refractivity contribution is 5.85. The normalized spacial score (nSPS) is 10.5. The molecule has 12 heavy (non-hydrogen) atoms. The number of ether oxygens (including phenoxy) is 1. The molecule has 0 fully saturated rings. The summed E-state index contributed by atoms with van der Waals surface area (Å²) in [5.74, 6) is 1.54. The van der Waals surface area contributed by atoms with Gasteiger partial charge in [-0.2, -0.15) is 0 Å². The third-order valence-corrected chi connectivity index (χ3v) is 1.68. The minimum atomic E-state index is 0. The van der Waals surface area contributed by atoms with Gasteiger partial charge in [0.15, 0.2) is 0 Å². The lowest BCUT2D eigenvalue weighted by molar-refractivity contribution is 0.114. The molecule has 0 atom stereocenters. The van der Waals surface area contributed by atoms with Crippen molar-refractivity contribution >= 4 is 12.4 Å². The summed E-state index contributed by atoms with van der Waals surface area (Å²) >= 11 is 0. The summed E-state index contributed by atoms with van der Waals surface area (Å²) in [6, 6.07) is 0. The van der Waals surface area contributed by atoms with Gasteiger partial charge in [0.2, 0.25) is 0 Å². The van der Waals surface area contributed by atoms with Crippen LogP contribution in [0.4, 0.5) is 0 Å². The van der Waals surface area contributed by atoms with Crippen molar-refractivity contribution in [1.29, 1.82) is 0 Å². The van der Waals surface area contributed by atoms with Crippen LogP contribution in [0.3, 0.4) is 0 Å². The van der Waals surface area contributed by atoms with Crippen LogP contribution in [0.25, 0.3) is 0 Å². The Balaban J connectivity index is 0. The maximum atomic E-state index is 5.46. The predicted octanol–water partition coefficient (Wildman–Crippen LogP) is 3.52. The van der Waals surface area contributed by atoms with Crippen molar-refractivity contribution in [3.05, 3.63) is 0 Å². The average molecular weight is 195 g/mol. The number of halogens is 1. The molecule has 0 unspecified atom stereocenters. The molecule has 1 nitrogen and oxygen atoms in total. The molecule has 0 spiro atoms. The second kappa shape index (κ2) is 9.34. The molecule has 0 radical (unpaired) electrons. The first kappa shape index (κ1) is 14.8. The van der Waals surface area contributed by atoms with Crippen LogP contribution in [-0.4, -0.2) is 13.2 Å². The fourth-order valence-corrected chi connectivity index (χ4v) is 0.740. The lowest BCUT2D eigenvalue weighted by Gasteiger charge is -2.07. The maximum absolute atomic E-state index is 5.46. The van der Waals surface area contributed by atoms with Crippen molar-refractivity contribution in [3.63, 3.8) is 0 Å². The Morgan fingerprint density at radius 1 is 0.833 bits per heavy atom. The molecule has 0 saturated heterocycles. The minimum Gasteiger partial charge on any atom is -0.381 e. The Kier molecular flexibility index (Phi) is 11.5. The molecule has 0 rings (SSSR count). The zero-order valence-corrected chi connectivity index (χ0v) is 9.62. The topological polar surface area (TPSA) is 9.23 Å². The van der Waals surface area contributed by atoms with E-state index in [2.05, 4.69) is 27.7 Å². The van der Waals surface area contributed by atoms with Crippen LogP contribution in [-0.2, 0) is 4.74 Å². The Labute approximate surface area is 83.3 Å². The van der Waals surface area contributed by atoms with Gasteiger partial charge in [0.05, 0.1) is 0 Å². The van der Waals surface area contributed by atoms with Crippen molar-refractivity contribution < 1.29 is 4.74 Å². The predicted molar refractivity (Wildman–Crippen MR) is 57.0 cm³/mol. The van der Waals surface area contributed by atoms with Crippen molar-refractivity contribution in [2.24, 2.45) is 11.8 Å². The van der Waals surface area contributed by atoms with Crippen LogP contribution in [0.5, 0.6) is 0 Å². The molecule has 0 aromatic heterocycles. The molecule has 0 aliphatic rings. The van der Waals surface area contributed by atoms with E-state index in [1.165, 1.54) is 12.8 Å². The molecule has 0 aliphatic heterocycles. The summed E-state index contributed by atoms with van der Waals surface area (Å²) in [6.45, 7) is 10.8. The van der Waals surface area contributed by atoms with Gasteiger partial charge in [0.25, 0.3) is 0 Å². The van der Waals surface area contributed by atoms with E-state index in [0.717, 1.165) is 25.0 Å². The van der Waals surface area contributed by atoms with Crippen molar-refractivity contribution in [1.82, 2.24) is 0 Å². The molecule has 0 aromatic rings.